The Hall–Kier alpha value is -1.23. The van der Waals surface area contributed by atoms with E-state index >= 15 is 0 Å². The highest BCUT2D eigenvalue weighted by molar-refractivity contribution is 7.80. The molecule has 6 nitrogen and oxygen atoms in total. The van der Waals surface area contributed by atoms with E-state index in [2.05, 4.69) is 0 Å². The molecule has 3 rings (SSSR count). The molecule has 0 spiro atoms. The SMILES string of the molecule is O=C1OC2C3CC(CC13)C2C(=O)OCCCCC(F)(F)C(F)(F)S(=O)O. The highest BCUT2D eigenvalue weighted by Crippen LogP contribution is 2.57. The summed E-state index contributed by atoms with van der Waals surface area (Å²) in [4.78, 5) is 23.8. The summed E-state index contributed by atoms with van der Waals surface area (Å²) in [7, 11) is 0. The molecule has 0 aromatic heterocycles. The van der Waals surface area contributed by atoms with E-state index in [0.717, 1.165) is 6.42 Å². The first-order valence-electron chi connectivity index (χ1n) is 8.30. The number of carbonyl (C=O) groups excluding carboxylic acids is 2. The van der Waals surface area contributed by atoms with Crippen LogP contribution in [0.4, 0.5) is 17.6 Å². The van der Waals surface area contributed by atoms with Gasteiger partial charge < -0.3 is 14.0 Å². The van der Waals surface area contributed by atoms with Crippen molar-refractivity contribution in [3.8, 4) is 0 Å². The van der Waals surface area contributed by atoms with E-state index < -0.39 is 53.1 Å². The molecule has 2 bridgehead atoms. The highest BCUT2D eigenvalue weighted by atomic mass is 32.2. The maximum absolute atomic E-state index is 13.3. The van der Waals surface area contributed by atoms with Gasteiger partial charge in [-0.15, -0.1) is 0 Å². The van der Waals surface area contributed by atoms with E-state index in [9.17, 15) is 31.4 Å². The van der Waals surface area contributed by atoms with E-state index in [-0.39, 0.29) is 36.8 Å². The molecular weight excluding hydrogens is 384 g/mol. The molecule has 0 amide bonds. The second-order valence-corrected chi connectivity index (χ2v) is 8.04. The fourth-order valence-electron chi connectivity index (χ4n) is 4.27. The van der Waals surface area contributed by atoms with Crippen LogP contribution in [0.3, 0.4) is 0 Å². The Kier molecular flexibility index (Phi) is 5.06. The highest BCUT2D eigenvalue weighted by Gasteiger charge is 2.64. The Morgan fingerprint density at radius 2 is 1.96 bits per heavy atom. The van der Waals surface area contributed by atoms with Crippen molar-refractivity contribution in [3.63, 3.8) is 0 Å². The molecule has 1 N–H and O–H groups in total. The van der Waals surface area contributed by atoms with Crippen molar-refractivity contribution >= 4 is 23.0 Å². The number of fused-ring (bicyclic) bond motifs is 1. The average molecular weight is 402 g/mol. The monoisotopic (exact) mass is 402 g/mol. The first-order chi connectivity index (χ1) is 12.1. The Balaban J connectivity index is 1.42. The molecule has 0 aromatic rings. The minimum Gasteiger partial charge on any atom is -0.465 e. The van der Waals surface area contributed by atoms with Gasteiger partial charge in [0, 0.05) is 12.3 Å². The molecular formula is C15H18F4O6S. The lowest BCUT2D eigenvalue weighted by atomic mass is 9.82. The number of halogens is 4. The van der Waals surface area contributed by atoms with Crippen LogP contribution in [0, 0.1) is 23.7 Å². The standard InChI is InChI=1S/C15H18F4O6S/c16-14(17,15(18,19)26(22)23)3-1-2-4-24-13(21)10-7-5-8-9(6-7)12(20)25-11(8)10/h7-11H,1-6H2,(H,22,23). The largest absolute Gasteiger partial charge is 0.465 e. The lowest BCUT2D eigenvalue weighted by Crippen LogP contribution is -2.43. The van der Waals surface area contributed by atoms with Crippen LogP contribution in [0.2, 0.25) is 0 Å². The summed E-state index contributed by atoms with van der Waals surface area (Å²) < 4.78 is 81.3. The molecule has 2 saturated carbocycles. The van der Waals surface area contributed by atoms with Gasteiger partial charge >= 0.3 is 23.1 Å². The maximum Gasteiger partial charge on any atom is 0.406 e. The summed E-state index contributed by atoms with van der Waals surface area (Å²) in [6.45, 7) is -0.235. The molecule has 3 aliphatic rings. The van der Waals surface area contributed by atoms with Crippen molar-refractivity contribution in [2.45, 2.75) is 49.4 Å². The zero-order chi connectivity index (χ0) is 19.3. The summed E-state index contributed by atoms with van der Waals surface area (Å²) in [6.07, 6.45) is -0.991. The van der Waals surface area contributed by atoms with E-state index in [0.29, 0.717) is 6.42 Å². The van der Waals surface area contributed by atoms with Crippen LogP contribution in [0.5, 0.6) is 0 Å². The van der Waals surface area contributed by atoms with E-state index in [1.807, 2.05) is 0 Å². The minimum atomic E-state index is -5.03. The van der Waals surface area contributed by atoms with Gasteiger partial charge in [-0.1, -0.05) is 0 Å². The van der Waals surface area contributed by atoms with Crippen LogP contribution < -0.4 is 0 Å². The molecule has 1 heterocycles. The van der Waals surface area contributed by atoms with Crippen molar-refractivity contribution in [2.24, 2.45) is 23.7 Å². The lowest BCUT2D eigenvalue weighted by molar-refractivity contribution is -0.163. The fraction of sp³-hybridized carbons (Fsp3) is 0.867. The summed E-state index contributed by atoms with van der Waals surface area (Å²) in [5.74, 6) is -6.14. The van der Waals surface area contributed by atoms with Gasteiger partial charge in [-0.05, 0) is 31.6 Å². The number of esters is 2. The normalized spacial score (nSPS) is 34.0. The molecule has 3 fully saturated rings. The molecule has 0 radical (unpaired) electrons. The van der Waals surface area contributed by atoms with Gasteiger partial charge in [-0.25, -0.2) is 4.21 Å². The molecule has 1 aliphatic heterocycles. The fourth-order valence-corrected chi connectivity index (χ4v) is 4.63. The van der Waals surface area contributed by atoms with E-state index in [1.54, 1.807) is 0 Å². The molecule has 148 valence electrons. The number of ether oxygens (including phenoxy) is 2. The van der Waals surface area contributed by atoms with Gasteiger partial charge in [0.2, 0.25) is 11.1 Å². The number of unbranched alkanes of at least 4 members (excludes halogenated alkanes) is 1. The number of rotatable bonds is 8. The van der Waals surface area contributed by atoms with Gasteiger partial charge in [0.1, 0.15) is 6.10 Å². The van der Waals surface area contributed by atoms with Crippen molar-refractivity contribution in [2.75, 3.05) is 6.61 Å². The van der Waals surface area contributed by atoms with Gasteiger partial charge in [-0.3, -0.25) is 9.59 Å². The molecule has 26 heavy (non-hydrogen) atoms. The third-order valence-corrected chi connectivity index (χ3v) is 6.27. The third-order valence-electron chi connectivity index (χ3n) is 5.53. The zero-order valence-corrected chi connectivity index (χ0v) is 14.4. The van der Waals surface area contributed by atoms with Crippen molar-refractivity contribution in [1.82, 2.24) is 0 Å². The van der Waals surface area contributed by atoms with Crippen molar-refractivity contribution in [3.05, 3.63) is 0 Å². The summed E-state index contributed by atoms with van der Waals surface area (Å²) >= 11 is -3.98. The molecule has 6 atom stereocenters. The second kappa shape index (κ2) is 6.74. The van der Waals surface area contributed by atoms with Crippen LogP contribution in [-0.4, -0.2) is 44.6 Å². The Labute approximate surface area is 148 Å². The quantitative estimate of drug-likeness (QED) is 0.290. The smallest absolute Gasteiger partial charge is 0.406 e. The lowest BCUT2D eigenvalue weighted by Gasteiger charge is -2.24. The molecule has 2 aliphatic carbocycles. The first kappa shape index (κ1) is 19.5. The molecule has 6 unspecified atom stereocenters. The van der Waals surface area contributed by atoms with Gasteiger partial charge in [0.25, 0.3) is 0 Å². The average Bonchev–Trinajstić information content (AvgIpc) is 3.16. The minimum absolute atomic E-state index is 0.0107. The van der Waals surface area contributed by atoms with E-state index in [4.69, 9.17) is 14.0 Å². The summed E-state index contributed by atoms with van der Waals surface area (Å²) in [5.41, 5.74) is 0. The summed E-state index contributed by atoms with van der Waals surface area (Å²) in [5, 5.41) is -5.03. The van der Waals surface area contributed by atoms with Crippen LogP contribution in [0.1, 0.15) is 32.1 Å². The van der Waals surface area contributed by atoms with Gasteiger partial charge in [0.15, 0.2) is 0 Å². The number of alkyl halides is 4. The maximum atomic E-state index is 13.3. The van der Waals surface area contributed by atoms with Gasteiger partial charge in [0.05, 0.1) is 18.4 Å². The summed E-state index contributed by atoms with van der Waals surface area (Å²) in [6, 6.07) is 0. The topological polar surface area (TPSA) is 89.9 Å². The third kappa shape index (κ3) is 3.12. The Bertz CT molecular complexity index is 627. The van der Waals surface area contributed by atoms with Crippen LogP contribution >= 0.6 is 0 Å². The van der Waals surface area contributed by atoms with E-state index in [1.165, 1.54) is 0 Å². The zero-order valence-electron chi connectivity index (χ0n) is 13.5. The first-order valence-corrected chi connectivity index (χ1v) is 9.40. The Morgan fingerprint density at radius 1 is 1.27 bits per heavy atom. The van der Waals surface area contributed by atoms with Crippen molar-refractivity contribution < 1.29 is 45.4 Å². The molecule has 11 heteroatoms. The number of hydrogen-bond donors (Lipinski definition) is 1. The van der Waals surface area contributed by atoms with Crippen LogP contribution in [-0.2, 0) is 30.1 Å². The predicted octanol–water partition coefficient (Wildman–Crippen LogP) is 2.35. The number of carbonyl (C=O) groups is 2. The van der Waals surface area contributed by atoms with Crippen molar-refractivity contribution in [1.29, 1.82) is 0 Å². The van der Waals surface area contributed by atoms with Crippen LogP contribution in [0.25, 0.3) is 0 Å². The molecule has 0 aromatic carbocycles. The van der Waals surface area contributed by atoms with Gasteiger partial charge in [-0.2, -0.15) is 17.6 Å². The molecule has 1 saturated heterocycles. The second-order valence-electron chi connectivity index (χ2n) is 7.02. The predicted molar refractivity (Wildman–Crippen MR) is 78.5 cm³/mol. The van der Waals surface area contributed by atoms with Crippen LogP contribution in [0.15, 0.2) is 0 Å². The Morgan fingerprint density at radius 3 is 2.62 bits per heavy atom. The number of hydrogen-bond acceptors (Lipinski definition) is 5.